The lowest BCUT2D eigenvalue weighted by molar-refractivity contribution is 0.618. The summed E-state index contributed by atoms with van der Waals surface area (Å²) < 4.78 is 14.3. The molecule has 0 saturated heterocycles. The molecule has 0 unspecified atom stereocenters. The van der Waals surface area contributed by atoms with Gasteiger partial charge in [0.25, 0.3) is 0 Å². The topological polar surface area (TPSA) is 35.8 Å². The maximum atomic E-state index is 13.5. The van der Waals surface area contributed by atoms with Gasteiger partial charge in [0.1, 0.15) is 5.82 Å². The minimum absolute atomic E-state index is 0.310. The Hall–Kier alpha value is -1.57. The van der Waals surface area contributed by atoms with E-state index in [-0.39, 0.29) is 5.82 Å². The van der Waals surface area contributed by atoms with E-state index in [2.05, 4.69) is 5.32 Å². The number of nitrogens with zero attached hydrogens (tertiary/aromatic N) is 1. The summed E-state index contributed by atoms with van der Waals surface area (Å²) in [7, 11) is 0. The molecule has 1 aromatic heterocycles. The van der Waals surface area contributed by atoms with Crippen molar-refractivity contribution >= 4 is 28.6 Å². The molecule has 2 rings (SSSR count). The number of halogens is 2. The molecule has 0 atom stereocenters. The predicted octanol–water partition coefficient (Wildman–Crippen LogP) is 4.33. The molecular formula is C13H10ClFN2S. The molecule has 0 bridgehead atoms. The third kappa shape index (κ3) is 2.81. The molecule has 0 amide bonds. The van der Waals surface area contributed by atoms with Crippen LogP contribution in [0.5, 0.6) is 0 Å². The van der Waals surface area contributed by atoms with Gasteiger partial charge in [-0.25, -0.2) is 4.39 Å². The second kappa shape index (κ2) is 5.38. The van der Waals surface area contributed by atoms with Crippen LogP contribution in [0, 0.1) is 24.1 Å². The highest BCUT2D eigenvalue weighted by Gasteiger charge is 2.07. The largest absolute Gasteiger partial charge is 0.380 e. The molecule has 1 N–H and O–H groups in total. The average molecular weight is 281 g/mol. The zero-order valence-corrected chi connectivity index (χ0v) is 11.2. The molecule has 0 aliphatic heterocycles. The SMILES string of the molecule is Cc1c(F)cc(C#N)cc1NCc1ccc(Cl)s1. The van der Waals surface area contributed by atoms with Gasteiger partial charge in [-0.2, -0.15) is 5.26 Å². The van der Waals surface area contributed by atoms with E-state index in [1.807, 2.05) is 18.2 Å². The molecule has 0 aliphatic rings. The summed E-state index contributed by atoms with van der Waals surface area (Å²) in [4.78, 5) is 1.06. The van der Waals surface area contributed by atoms with Crippen molar-refractivity contribution in [1.82, 2.24) is 0 Å². The van der Waals surface area contributed by atoms with Crippen LogP contribution in [0.25, 0.3) is 0 Å². The summed E-state index contributed by atoms with van der Waals surface area (Å²) in [5.41, 5.74) is 1.46. The summed E-state index contributed by atoms with van der Waals surface area (Å²) in [6, 6.07) is 8.56. The first-order valence-electron chi connectivity index (χ1n) is 5.28. The van der Waals surface area contributed by atoms with Gasteiger partial charge in [-0.1, -0.05) is 11.6 Å². The summed E-state index contributed by atoms with van der Waals surface area (Å²) in [5, 5.41) is 11.9. The number of thiophene rings is 1. The molecule has 2 nitrogen and oxygen atoms in total. The molecule has 92 valence electrons. The maximum Gasteiger partial charge on any atom is 0.129 e. The van der Waals surface area contributed by atoms with Crippen molar-refractivity contribution < 1.29 is 4.39 Å². The predicted molar refractivity (Wildman–Crippen MR) is 72.5 cm³/mol. The van der Waals surface area contributed by atoms with E-state index in [1.165, 1.54) is 17.4 Å². The first-order chi connectivity index (χ1) is 8.60. The Kier molecular flexibility index (Phi) is 3.85. The summed E-state index contributed by atoms with van der Waals surface area (Å²) in [6.07, 6.45) is 0. The van der Waals surface area contributed by atoms with Crippen molar-refractivity contribution in [3.63, 3.8) is 0 Å². The minimum atomic E-state index is -0.374. The zero-order chi connectivity index (χ0) is 13.1. The van der Waals surface area contributed by atoms with E-state index in [1.54, 1.807) is 13.0 Å². The molecular weight excluding hydrogens is 271 g/mol. The van der Waals surface area contributed by atoms with Gasteiger partial charge in [-0.05, 0) is 31.2 Å². The van der Waals surface area contributed by atoms with Crippen molar-refractivity contribution in [3.8, 4) is 6.07 Å². The van der Waals surface area contributed by atoms with Gasteiger partial charge in [-0.3, -0.25) is 0 Å². The van der Waals surface area contributed by atoms with Crippen LogP contribution < -0.4 is 5.32 Å². The van der Waals surface area contributed by atoms with Gasteiger partial charge in [0.05, 0.1) is 16.0 Å². The Morgan fingerprint density at radius 2 is 2.22 bits per heavy atom. The van der Waals surface area contributed by atoms with Crippen LogP contribution in [0.4, 0.5) is 10.1 Å². The molecule has 5 heteroatoms. The second-order valence-corrected chi connectivity index (χ2v) is 5.60. The Bertz CT molecular complexity index is 616. The molecule has 1 aromatic carbocycles. The Labute approximate surface area is 114 Å². The van der Waals surface area contributed by atoms with Gasteiger partial charge in [0.2, 0.25) is 0 Å². The van der Waals surface area contributed by atoms with Crippen LogP contribution in [0.2, 0.25) is 4.34 Å². The fourth-order valence-electron chi connectivity index (χ4n) is 1.56. The highest BCUT2D eigenvalue weighted by atomic mass is 35.5. The van der Waals surface area contributed by atoms with Crippen molar-refractivity contribution in [3.05, 3.63) is 50.4 Å². The maximum absolute atomic E-state index is 13.5. The van der Waals surface area contributed by atoms with E-state index < -0.39 is 0 Å². The number of benzene rings is 1. The van der Waals surface area contributed by atoms with Gasteiger partial charge in [-0.15, -0.1) is 11.3 Å². The molecule has 18 heavy (non-hydrogen) atoms. The highest BCUT2D eigenvalue weighted by molar-refractivity contribution is 7.16. The van der Waals surface area contributed by atoms with Crippen molar-refractivity contribution in [2.75, 3.05) is 5.32 Å². The van der Waals surface area contributed by atoms with Crippen molar-refractivity contribution in [2.45, 2.75) is 13.5 Å². The zero-order valence-electron chi connectivity index (χ0n) is 9.63. The summed E-state index contributed by atoms with van der Waals surface area (Å²) in [6.45, 7) is 2.24. The van der Waals surface area contributed by atoms with E-state index in [0.717, 1.165) is 9.21 Å². The van der Waals surface area contributed by atoms with Gasteiger partial charge >= 0.3 is 0 Å². The quantitative estimate of drug-likeness (QED) is 0.908. The van der Waals surface area contributed by atoms with Gasteiger partial charge in [0, 0.05) is 22.7 Å². The molecule has 0 aliphatic carbocycles. The summed E-state index contributed by atoms with van der Waals surface area (Å²) in [5.74, 6) is -0.374. The van der Waals surface area contributed by atoms with E-state index >= 15 is 0 Å². The van der Waals surface area contributed by atoms with E-state index in [4.69, 9.17) is 16.9 Å². The van der Waals surface area contributed by atoms with Crippen LogP contribution in [0.3, 0.4) is 0 Å². The average Bonchev–Trinajstić information content (AvgIpc) is 2.77. The third-order valence-corrected chi connectivity index (χ3v) is 3.79. The van der Waals surface area contributed by atoms with Crippen molar-refractivity contribution in [1.29, 1.82) is 5.26 Å². The molecule has 0 spiro atoms. The highest BCUT2D eigenvalue weighted by Crippen LogP contribution is 2.24. The standard InChI is InChI=1S/C13H10ClFN2S/c1-8-11(15)4-9(6-16)5-12(8)17-7-10-2-3-13(14)18-10/h2-5,17H,7H2,1H3. The Morgan fingerprint density at radius 3 is 2.83 bits per heavy atom. The number of nitriles is 1. The van der Waals surface area contributed by atoms with Crippen LogP contribution >= 0.6 is 22.9 Å². The van der Waals surface area contributed by atoms with Crippen LogP contribution in [0.1, 0.15) is 16.0 Å². The molecule has 2 aromatic rings. The number of rotatable bonds is 3. The third-order valence-electron chi connectivity index (χ3n) is 2.56. The number of hydrogen-bond donors (Lipinski definition) is 1. The fraction of sp³-hybridized carbons (Fsp3) is 0.154. The number of hydrogen-bond acceptors (Lipinski definition) is 3. The Morgan fingerprint density at radius 1 is 1.44 bits per heavy atom. The smallest absolute Gasteiger partial charge is 0.129 e. The lowest BCUT2D eigenvalue weighted by atomic mass is 10.1. The first kappa shape index (κ1) is 12.9. The van der Waals surface area contributed by atoms with Crippen molar-refractivity contribution in [2.24, 2.45) is 0 Å². The van der Waals surface area contributed by atoms with E-state index in [0.29, 0.717) is 23.4 Å². The molecule has 0 radical (unpaired) electrons. The fourth-order valence-corrected chi connectivity index (χ4v) is 2.58. The minimum Gasteiger partial charge on any atom is -0.380 e. The van der Waals surface area contributed by atoms with Crippen LogP contribution in [-0.2, 0) is 6.54 Å². The second-order valence-electron chi connectivity index (χ2n) is 3.80. The molecule has 1 heterocycles. The Balaban J connectivity index is 2.19. The molecule has 0 saturated carbocycles. The monoisotopic (exact) mass is 280 g/mol. The normalized spacial score (nSPS) is 10.1. The summed E-state index contributed by atoms with van der Waals surface area (Å²) >= 11 is 7.31. The lowest BCUT2D eigenvalue weighted by Gasteiger charge is -2.09. The van der Waals surface area contributed by atoms with Gasteiger partial charge < -0.3 is 5.32 Å². The number of anilines is 1. The molecule has 0 fully saturated rings. The van der Waals surface area contributed by atoms with Crippen LogP contribution in [0.15, 0.2) is 24.3 Å². The lowest BCUT2D eigenvalue weighted by Crippen LogP contribution is -2.01. The first-order valence-corrected chi connectivity index (χ1v) is 6.48. The number of nitrogens with one attached hydrogen (secondary N) is 1. The van der Waals surface area contributed by atoms with Gasteiger partial charge in [0.15, 0.2) is 0 Å². The van der Waals surface area contributed by atoms with Crippen LogP contribution in [-0.4, -0.2) is 0 Å². The van der Waals surface area contributed by atoms with E-state index in [9.17, 15) is 4.39 Å².